The van der Waals surface area contributed by atoms with E-state index in [-0.39, 0.29) is 12.8 Å². The van der Waals surface area contributed by atoms with Crippen molar-refractivity contribution in [2.45, 2.75) is 50.2 Å². The Hall–Kier alpha value is -0.500. The zero-order chi connectivity index (χ0) is 14.0. The van der Waals surface area contributed by atoms with Crippen LogP contribution in [0.1, 0.15) is 25.7 Å². The van der Waals surface area contributed by atoms with E-state index in [9.17, 15) is 26.3 Å². The summed E-state index contributed by atoms with van der Waals surface area (Å²) in [6.45, 7) is -0.902. The monoisotopic (exact) mass is 279 g/mol. The van der Waals surface area contributed by atoms with Crippen LogP contribution in [0.3, 0.4) is 0 Å². The van der Waals surface area contributed by atoms with Gasteiger partial charge >= 0.3 is 12.4 Å². The molecule has 8 heteroatoms. The molecule has 0 spiro atoms. The fourth-order valence-corrected chi connectivity index (χ4v) is 2.15. The van der Waals surface area contributed by atoms with Gasteiger partial charge in [-0.2, -0.15) is 26.3 Å². The molecule has 18 heavy (non-hydrogen) atoms. The molecule has 2 nitrogen and oxygen atoms in total. The minimum Gasteiger partial charge on any atom is -0.382 e. The summed E-state index contributed by atoms with van der Waals surface area (Å²) in [5, 5.41) is 10.9. The molecule has 2 N–H and O–H groups in total. The second kappa shape index (κ2) is 5.64. The summed E-state index contributed by atoms with van der Waals surface area (Å²) in [6.07, 6.45) is -10.8. The van der Waals surface area contributed by atoms with Crippen LogP contribution in [0.25, 0.3) is 0 Å². The Morgan fingerprint density at radius 3 is 2.11 bits per heavy atom. The molecule has 0 aliphatic heterocycles. The zero-order valence-electron chi connectivity index (χ0n) is 9.48. The summed E-state index contributed by atoms with van der Waals surface area (Å²) in [5.41, 5.74) is 0. The van der Waals surface area contributed by atoms with Crippen LogP contribution >= 0.6 is 0 Å². The molecule has 1 rings (SSSR count). The molecule has 0 bridgehead atoms. The topological polar surface area (TPSA) is 32.3 Å². The lowest BCUT2D eigenvalue weighted by Gasteiger charge is -2.34. The third-order valence-corrected chi connectivity index (χ3v) is 3.14. The lowest BCUT2D eigenvalue weighted by molar-refractivity contribution is -0.206. The first-order valence-electron chi connectivity index (χ1n) is 5.67. The number of alkyl halides is 6. The van der Waals surface area contributed by atoms with E-state index < -0.39 is 37.0 Å². The maximum Gasteiger partial charge on any atom is 0.415 e. The van der Waals surface area contributed by atoms with Crippen LogP contribution < -0.4 is 5.32 Å². The number of aliphatic hydroxyl groups excluding tert-OH is 1. The molecule has 1 aliphatic carbocycles. The number of hydrogen-bond donors (Lipinski definition) is 2. The fourth-order valence-electron chi connectivity index (χ4n) is 2.15. The predicted molar refractivity (Wildman–Crippen MR) is 51.9 cm³/mol. The molecule has 0 amide bonds. The van der Waals surface area contributed by atoms with Crippen LogP contribution in [0.15, 0.2) is 0 Å². The Labute approximate surface area is 100 Å². The third-order valence-electron chi connectivity index (χ3n) is 3.14. The molecule has 0 radical (unpaired) electrons. The summed E-state index contributed by atoms with van der Waals surface area (Å²) < 4.78 is 73.9. The van der Waals surface area contributed by atoms with E-state index in [0.29, 0.717) is 12.8 Å². The van der Waals surface area contributed by atoms with Gasteiger partial charge < -0.3 is 10.4 Å². The number of rotatable bonds is 3. The Morgan fingerprint density at radius 1 is 1.06 bits per heavy atom. The lowest BCUT2D eigenvalue weighted by Crippen LogP contribution is -2.49. The fraction of sp³-hybridized carbons (Fsp3) is 1.00. The van der Waals surface area contributed by atoms with E-state index >= 15 is 0 Å². The maximum absolute atomic E-state index is 12.6. The first kappa shape index (κ1) is 15.6. The lowest BCUT2D eigenvalue weighted by atomic mass is 9.84. The molecule has 0 aromatic rings. The standard InChI is InChI=1S/C10H15F6NO/c11-9(12,13)6-3-1-2-4-7(6)17-5-8(18)10(14,15)16/h6-8,17-18H,1-5H2/t6-,7-,8-/m0/s1. The summed E-state index contributed by atoms with van der Waals surface area (Å²) in [6, 6.07) is -1.05. The second-order valence-electron chi connectivity index (χ2n) is 4.50. The van der Waals surface area contributed by atoms with Gasteiger partial charge in [0.15, 0.2) is 6.10 Å². The largest absolute Gasteiger partial charge is 0.415 e. The van der Waals surface area contributed by atoms with Crippen molar-refractivity contribution in [3.05, 3.63) is 0 Å². The highest BCUT2D eigenvalue weighted by Crippen LogP contribution is 2.37. The van der Waals surface area contributed by atoms with Gasteiger partial charge in [0, 0.05) is 12.6 Å². The van der Waals surface area contributed by atoms with Crippen molar-refractivity contribution in [3.63, 3.8) is 0 Å². The van der Waals surface area contributed by atoms with Crippen molar-refractivity contribution in [2.75, 3.05) is 6.54 Å². The summed E-state index contributed by atoms with van der Waals surface area (Å²) >= 11 is 0. The van der Waals surface area contributed by atoms with E-state index in [1.165, 1.54) is 0 Å². The van der Waals surface area contributed by atoms with Crippen molar-refractivity contribution >= 4 is 0 Å². The quantitative estimate of drug-likeness (QED) is 0.778. The highest BCUT2D eigenvalue weighted by molar-refractivity contribution is 4.86. The average molecular weight is 279 g/mol. The minimum atomic E-state index is -4.81. The van der Waals surface area contributed by atoms with E-state index in [1.807, 2.05) is 0 Å². The van der Waals surface area contributed by atoms with Crippen LogP contribution in [-0.4, -0.2) is 36.1 Å². The van der Waals surface area contributed by atoms with Crippen molar-refractivity contribution in [3.8, 4) is 0 Å². The van der Waals surface area contributed by atoms with Crippen LogP contribution in [0.5, 0.6) is 0 Å². The van der Waals surface area contributed by atoms with Crippen molar-refractivity contribution < 1.29 is 31.4 Å². The zero-order valence-corrected chi connectivity index (χ0v) is 9.48. The van der Waals surface area contributed by atoms with Gasteiger partial charge in [0.25, 0.3) is 0 Å². The molecular formula is C10H15F6NO. The van der Waals surface area contributed by atoms with E-state index in [2.05, 4.69) is 5.32 Å². The number of halogens is 6. The molecule has 1 saturated carbocycles. The molecule has 0 saturated heterocycles. The molecule has 3 atom stereocenters. The van der Waals surface area contributed by atoms with Gasteiger partial charge in [-0.25, -0.2) is 0 Å². The maximum atomic E-state index is 12.6. The average Bonchev–Trinajstić information content (AvgIpc) is 2.23. The first-order chi connectivity index (χ1) is 8.12. The van der Waals surface area contributed by atoms with Crippen LogP contribution in [0, 0.1) is 5.92 Å². The summed E-state index contributed by atoms with van der Waals surface area (Å²) in [4.78, 5) is 0. The van der Waals surface area contributed by atoms with E-state index in [4.69, 9.17) is 5.11 Å². The number of aliphatic hydroxyl groups is 1. The molecular weight excluding hydrogens is 264 g/mol. The van der Waals surface area contributed by atoms with Crippen LogP contribution in [0.4, 0.5) is 26.3 Å². The highest BCUT2D eigenvalue weighted by atomic mass is 19.4. The molecule has 1 fully saturated rings. The Bertz CT molecular complexity index is 264. The van der Waals surface area contributed by atoms with Gasteiger partial charge in [-0.1, -0.05) is 12.8 Å². The molecule has 1 aliphatic rings. The van der Waals surface area contributed by atoms with Gasteiger partial charge in [0.05, 0.1) is 5.92 Å². The van der Waals surface area contributed by atoms with E-state index in [1.54, 1.807) is 0 Å². The van der Waals surface area contributed by atoms with Gasteiger partial charge in [-0.3, -0.25) is 0 Å². The molecule has 0 unspecified atom stereocenters. The Morgan fingerprint density at radius 2 is 1.61 bits per heavy atom. The van der Waals surface area contributed by atoms with Gasteiger partial charge in [-0.05, 0) is 12.8 Å². The number of nitrogens with one attached hydrogen (secondary N) is 1. The Balaban J connectivity index is 2.53. The molecule has 0 aromatic heterocycles. The minimum absolute atomic E-state index is 0.0801. The van der Waals surface area contributed by atoms with Crippen LogP contribution in [0.2, 0.25) is 0 Å². The smallest absolute Gasteiger partial charge is 0.382 e. The second-order valence-corrected chi connectivity index (χ2v) is 4.50. The van der Waals surface area contributed by atoms with Crippen molar-refractivity contribution in [1.29, 1.82) is 0 Å². The van der Waals surface area contributed by atoms with Crippen molar-refractivity contribution in [1.82, 2.24) is 5.32 Å². The SMILES string of the molecule is O[C@@H](CN[C@H]1CCCC[C@@H]1C(F)(F)F)C(F)(F)F. The molecule has 0 aromatic carbocycles. The summed E-state index contributed by atoms with van der Waals surface area (Å²) in [7, 11) is 0. The van der Waals surface area contributed by atoms with Gasteiger partial charge in [0.1, 0.15) is 0 Å². The van der Waals surface area contributed by atoms with Gasteiger partial charge in [0.2, 0.25) is 0 Å². The normalized spacial score (nSPS) is 28.2. The highest BCUT2D eigenvalue weighted by Gasteiger charge is 2.46. The third kappa shape index (κ3) is 4.31. The number of hydrogen-bond acceptors (Lipinski definition) is 2. The van der Waals surface area contributed by atoms with Crippen LogP contribution in [-0.2, 0) is 0 Å². The summed E-state index contributed by atoms with van der Waals surface area (Å²) in [5.74, 6) is -1.63. The van der Waals surface area contributed by atoms with E-state index in [0.717, 1.165) is 0 Å². The first-order valence-corrected chi connectivity index (χ1v) is 5.67. The van der Waals surface area contributed by atoms with Gasteiger partial charge in [-0.15, -0.1) is 0 Å². The molecule has 0 heterocycles. The van der Waals surface area contributed by atoms with Crippen molar-refractivity contribution in [2.24, 2.45) is 5.92 Å². The predicted octanol–water partition coefficient (Wildman–Crippen LogP) is 2.62. The Kier molecular flexibility index (Phi) is 4.88. The molecule has 108 valence electrons.